The summed E-state index contributed by atoms with van der Waals surface area (Å²) >= 11 is 0. The Labute approximate surface area is 125 Å². The fourth-order valence-corrected chi connectivity index (χ4v) is 2.93. The number of nitrogens with zero attached hydrogens (tertiary/aromatic N) is 3. The quantitative estimate of drug-likeness (QED) is 0.932. The molecule has 0 aromatic carbocycles. The highest BCUT2D eigenvalue weighted by Crippen LogP contribution is 2.25. The predicted molar refractivity (Wildman–Crippen MR) is 83.7 cm³/mol. The number of aromatic nitrogens is 2. The zero-order valence-electron chi connectivity index (χ0n) is 12.9. The summed E-state index contributed by atoms with van der Waals surface area (Å²) in [7, 11) is 0. The van der Waals surface area contributed by atoms with E-state index in [1.165, 1.54) is 18.4 Å². The lowest BCUT2D eigenvalue weighted by Gasteiger charge is -2.18. The third kappa shape index (κ3) is 3.01. The number of furan rings is 1. The van der Waals surface area contributed by atoms with Gasteiger partial charge in [-0.25, -0.2) is 9.97 Å². The van der Waals surface area contributed by atoms with Crippen LogP contribution in [0.4, 0.5) is 11.6 Å². The molecule has 5 heteroatoms. The molecular formula is C16H22N4O. The van der Waals surface area contributed by atoms with Gasteiger partial charge in [-0.1, -0.05) is 0 Å². The first kappa shape index (κ1) is 13.9. The first-order valence-corrected chi connectivity index (χ1v) is 7.54. The molecule has 1 aliphatic heterocycles. The summed E-state index contributed by atoms with van der Waals surface area (Å²) in [6.45, 7) is 8.27. The molecular weight excluding hydrogens is 264 g/mol. The Morgan fingerprint density at radius 1 is 1.19 bits per heavy atom. The van der Waals surface area contributed by atoms with Crippen LogP contribution in [-0.4, -0.2) is 23.1 Å². The van der Waals surface area contributed by atoms with Gasteiger partial charge in [0.25, 0.3) is 0 Å². The third-order valence-corrected chi connectivity index (χ3v) is 3.99. The molecule has 2 aromatic rings. The number of anilines is 2. The number of hydrogen-bond acceptors (Lipinski definition) is 5. The molecule has 21 heavy (non-hydrogen) atoms. The van der Waals surface area contributed by atoms with E-state index in [1.807, 2.05) is 19.9 Å². The molecule has 3 rings (SSSR count). The van der Waals surface area contributed by atoms with Gasteiger partial charge in [0, 0.05) is 24.7 Å². The summed E-state index contributed by atoms with van der Waals surface area (Å²) in [6, 6.07) is 4.27. The van der Waals surface area contributed by atoms with Gasteiger partial charge in [-0.3, -0.25) is 0 Å². The minimum absolute atomic E-state index is 0.156. The smallest absolute Gasteiger partial charge is 0.134 e. The van der Waals surface area contributed by atoms with E-state index >= 15 is 0 Å². The molecule has 0 amide bonds. The molecule has 1 N–H and O–H groups in total. The predicted octanol–water partition coefficient (Wildman–Crippen LogP) is 3.46. The fourth-order valence-electron chi connectivity index (χ4n) is 2.93. The van der Waals surface area contributed by atoms with Gasteiger partial charge >= 0.3 is 0 Å². The summed E-state index contributed by atoms with van der Waals surface area (Å²) in [5.41, 5.74) is 1.17. The van der Waals surface area contributed by atoms with Crippen molar-refractivity contribution in [3.8, 4) is 0 Å². The maximum atomic E-state index is 5.60. The molecule has 0 radical (unpaired) electrons. The summed E-state index contributed by atoms with van der Waals surface area (Å²) in [6.07, 6.45) is 4.13. The molecule has 112 valence electrons. The number of rotatable bonds is 4. The molecule has 5 nitrogen and oxygen atoms in total. The second kappa shape index (κ2) is 5.76. The van der Waals surface area contributed by atoms with E-state index in [-0.39, 0.29) is 6.04 Å². The number of aryl methyl sites for hydroxylation is 2. The highest BCUT2D eigenvalue weighted by Gasteiger charge is 2.16. The van der Waals surface area contributed by atoms with Crippen molar-refractivity contribution in [2.75, 3.05) is 23.3 Å². The zero-order chi connectivity index (χ0) is 14.8. The van der Waals surface area contributed by atoms with Crippen molar-refractivity contribution in [2.24, 2.45) is 0 Å². The van der Waals surface area contributed by atoms with E-state index in [4.69, 9.17) is 4.42 Å². The van der Waals surface area contributed by atoms with Gasteiger partial charge < -0.3 is 14.6 Å². The number of hydrogen-bond donors (Lipinski definition) is 1. The van der Waals surface area contributed by atoms with Gasteiger partial charge in [0.05, 0.1) is 6.04 Å². The van der Waals surface area contributed by atoms with Gasteiger partial charge in [-0.05, 0) is 39.7 Å². The molecule has 0 spiro atoms. The first-order chi connectivity index (χ1) is 10.1. The van der Waals surface area contributed by atoms with Gasteiger partial charge in [-0.15, -0.1) is 0 Å². The minimum atomic E-state index is 0.156. The van der Waals surface area contributed by atoms with Crippen LogP contribution in [0.15, 0.2) is 22.9 Å². The standard InChI is InChI=1S/C16H22N4O/c1-11-8-14(13(3)21-11)12(2)19-15-9-16(18-10-17-15)20-6-4-5-7-20/h8-10,12H,4-7H2,1-3H3,(H,17,18,19). The first-order valence-electron chi connectivity index (χ1n) is 7.54. The van der Waals surface area contributed by atoms with Crippen molar-refractivity contribution in [1.29, 1.82) is 0 Å². The van der Waals surface area contributed by atoms with Crippen molar-refractivity contribution in [1.82, 2.24) is 9.97 Å². The van der Waals surface area contributed by atoms with Crippen LogP contribution < -0.4 is 10.2 Å². The topological polar surface area (TPSA) is 54.2 Å². The molecule has 0 bridgehead atoms. The molecule has 3 heterocycles. The second-order valence-electron chi connectivity index (χ2n) is 5.69. The van der Waals surface area contributed by atoms with E-state index in [2.05, 4.69) is 33.2 Å². The Morgan fingerprint density at radius 3 is 2.62 bits per heavy atom. The second-order valence-corrected chi connectivity index (χ2v) is 5.69. The molecule has 1 aliphatic rings. The van der Waals surface area contributed by atoms with Crippen LogP contribution in [0.5, 0.6) is 0 Å². The van der Waals surface area contributed by atoms with Gasteiger partial charge in [0.15, 0.2) is 0 Å². The van der Waals surface area contributed by atoms with Gasteiger partial charge in [0.1, 0.15) is 29.5 Å². The normalized spacial score (nSPS) is 16.2. The zero-order valence-corrected chi connectivity index (χ0v) is 12.9. The van der Waals surface area contributed by atoms with Crippen LogP contribution >= 0.6 is 0 Å². The monoisotopic (exact) mass is 286 g/mol. The Bertz CT molecular complexity index is 616. The van der Waals surface area contributed by atoms with E-state index in [0.717, 1.165) is 36.2 Å². The van der Waals surface area contributed by atoms with Crippen LogP contribution in [-0.2, 0) is 0 Å². The summed E-state index contributed by atoms with van der Waals surface area (Å²) in [5, 5.41) is 3.44. The lowest BCUT2D eigenvalue weighted by atomic mass is 10.1. The highest BCUT2D eigenvalue weighted by molar-refractivity contribution is 5.50. The summed E-state index contributed by atoms with van der Waals surface area (Å²) in [4.78, 5) is 11.0. The average Bonchev–Trinajstić information content (AvgIpc) is 3.08. The van der Waals surface area contributed by atoms with Gasteiger partial charge in [-0.2, -0.15) is 0 Å². The van der Waals surface area contributed by atoms with Crippen LogP contribution in [0.25, 0.3) is 0 Å². The van der Waals surface area contributed by atoms with Crippen molar-refractivity contribution >= 4 is 11.6 Å². The molecule has 1 unspecified atom stereocenters. The van der Waals surface area contributed by atoms with E-state index in [9.17, 15) is 0 Å². The lowest BCUT2D eigenvalue weighted by Crippen LogP contribution is -2.19. The molecule has 2 aromatic heterocycles. The minimum Gasteiger partial charge on any atom is -0.466 e. The highest BCUT2D eigenvalue weighted by atomic mass is 16.3. The van der Waals surface area contributed by atoms with Crippen molar-refractivity contribution in [2.45, 2.75) is 39.7 Å². The van der Waals surface area contributed by atoms with Crippen LogP contribution in [0.3, 0.4) is 0 Å². The SMILES string of the molecule is Cc1cc(C(C)Nc2cc(N3CCCC3)ncn2)c(C)o1. The van der Waals surface area contributed by atoms with Crippen LogP contribution in [0, 0.1) is 13.8 Å². The maximum absolute atomic E-state index is 5.60. The van der Waals surface area contributed by atoms with Crippen molar-refractivity contribution in [3.05, 3.63) is 35.5 Å². The molecule has 1 saturated heterocycles. The van der Waals surface area contributed by atoms with Crippen LogP contribution in [0.2, 0.25) is 0 Å². The summed E-state index contributed by atoms with van der Waals surface area (Å²) < 4.78 is 5.60. The lowest BCUT2D eigenvalue weighted by molar-refractivity contribution is 0.500. The van der Waals surface area contributed by atoms with E-state index in [0.29, 0.717) is 0 Å². The van der Waals surface area contributed by atoms with E-state index < -0.39 is 0 Å². The maximum Gasteiger partial charge on any atom is 0.134 e. The van der Waals surface area contributed by atoms with Crippen molar-refractivity contribution < 1.29 is 4.42 Å². The average molecular weight is 286 g/mol. The van der Waals surface area contributed by atoms with Crippen LogP contribution in [0.1, 0.15) is 42.9 Å². The van der Waals surface area contributed by atoms with Crippen molar-refractivity contribution in [3.63, 3.8) is 0 Å². The summed E-state index contributed by atoms with van der Waals surface area (Å²) in [5.74, 6) is 3.77. The molecule has 1 fully saturated rings. The Morgan fingerprint density at radius 2 is 1.95 bits per heavy atom. The Balaban J connectivity index is 1.75. The Kier molecular flexibility index (Phi) is 3.82. The third-order valence-electron chi connectivity index (χ3n) is 3.99. The largest absolute Gasteiger partial charge is 0.466 e. The molecule has 0 aliphatic carbocycles. The van der Waals surface area contributed by atoms with Gasteiger partial charge in [0.2, 0.25) is 0 Å². The molecule has 1 atom stereocenters. The van der Waals surface area contributed by atoms with E-state index in [1.54, 1.807) is 6.33 Å². The Hall–Kier alpha value is -2.04. The molecule has 0 saturated carbocycles. The number of nitrogens with one attached hydrogen (secondary N) is 1. The fraction of sp³-hybridized carbons (Fsp3) is 0.500.